The second-order valence-corrected chi connectivity index (χ2v) is 9.52. The van der Waals surface area contributed by atoms with Crippen LogP contribution in [0.4, 0.5) is 0 Å². The van der Waals surface area contributed by atoms with Crippen LogP contribution in [0.15, 0.2) is 6.58 Å². The van der Waals surface area contributed by atoms with E-state index in [2.05, 4.69) is 12.7 Å². The van der Waals surface area contributed by atoms with Gasteiger partial charge in [-0.25, -0.2) is 0 Å². The molecule has 0 saturated heterocycles. The normalized spacial score (nSPS) is 28.3. The molecule has 3 fully saturated rings. The number of hydrogen-bond donors (Lipinski definition) is 0. The molecule has 0 aliphatic heterocycles. The van der Waals surface area contributed by atoms with Crippen molar-refractivity contribution >= 4 is 0 Å². The number of ether oxygens (including phenoxy) is 1. The van der Waals surface area contributed by atoms with E-state index in [0.717, 1.165) is 5.92 Å². The Hall–Kier alpha value is -0.300. The lowest BCUT2D eigenvalue weighted by atomic mass is 9.59. The van der Waals surface area contributed by atoms with Crippen LogP contribution in [0.3, 0.4) is 0 Å². The van der Waals surface area contributed by atoms with Crippen LogP contribution in [0, 0.1) is 17.4 Å². The molecule has 0 aromatic heterocycles. The van der Waals surface area contributed by atoms with E-state index < -0.39 is 0 Å². The van der Waals surface area contributed by atoms with Crippen LogP contribution >= 0.6 is 0 Å². The summed E-state index contributed by atoms with van der Waals surface area (Å²) in [6.45, 7) is 4.18. The van der Waals surface area contributed by atoms with E-state index in [0.29, 0.717) is 11.5 Å². The van der Waals surface area contributed by atoms with E-state index in [1.807, 2.05) is 0 Å². The number of rotatable bonds is 5. The summed E-state index contributed by atoms with van der Waals surface area (Å²) in [5.41, 5.74) is 0.347. The van der Waals surface area contributed by atoms with Gasteiger partial charge in [0, 0.05) is 5.41 Å². The van der Waals surface area contributed by atoms with Crippen molar-refractivity contribution in [2.24, 2.45) is 11.3 Å². The second-order valence-electron chi connectivity index (χ2n) is 9.52. The average Bonchev–Trinajstić information content (AvgIpc) is 2.61. The number of hydrogen-bond acceptors (Lipinski definition) is 1. The second kappa shape index (κ2) is 10.9. The molecular formula is C25H43O. The molecule has 26 heavy (non-hydrogen) atoms. The third kappa shape index (κ3) is 5.37. The third-order valence-corrected chi connectivity index (χ3v) is 7.79. The summed E-state index contributed by atoms with van der Waals surface area (Å²) in [6.07, 6.45) is 30.5. The maximum absolute atomic E-state index is 6.87. The highest BCUT2D eigenvalue weighted by molar-refractivity contribution is 4.99. The zero-order chi connectivity index (χ0) is 18.1. The van der Waals surface area contributed by atoms with Gasteiger partial charge in [0.1, 0.15) is 0 Å². The highest BCUT2D eigenvalue weighted by Crippen LogP contribution is 2.51. The van der Waals surface area contributed by atoms with Crippen LogP contribution in [0.2, 0.25) is 0 Å². The molecule has 0 aromatic carbocycles. The summed E-state index contributed by atoms with van der Waals surface area (Å²) >= 11 is 0. The largest absolute Gasteiger partial charge is 0.370 e. The zero-order valence-corrected chi connectivity index (χ0v) is 17.3. The van der Waals surface area contributed by atoms with Crippen LogP contribution in [-0.2, 0) is 4.74 Å². The summed E-state index contributed by atoms with van der Waals surface area (Å²) in [7, 11) is 0. The van der Waals surface area contributed by atoms with E-state index in [1.54, 1.807) is 0 Å². The molecule has 1 unspecified atom stereocenters. The molecule has 3 aliphatic rings. The average molecular weight is 360 g/mol. The van der Waals surface area contributed by atoms with Crippen molar-refractivity contribution < 1.29 is 4.74 Å². The van der Waals surface area contributed by atoms with Crippen molar-refractivity contribution in [3.63, 3.8) is 0 Å². The lowest BCUT2D eigenvalue weighted by Gasteiger charge is -2.49. The molecule has 0 bridgehead atoms. The van der Waals surface area contributed by atoms with Crippen molar-refractivity contribution in [2.75, 3.05) is 0 Å². The molecule has 3 saturated carbocycles. The molecule has 1 atom stereocenters. The van der Waals surface area contributed by atoms with Gasteiger partial charge in [0.25, 0.3) is 0 Å². The molecule has 0 N–H and O–H groups in total. The fourth-order valence-corrected chi connectivity index (χ4v) is 6.26. The first-order valence-corrected chi connectivity index (χ1v) is 12.0. The van der Waals surface area contributed by atoms with E-state index >= 15 is 0 Å². The monoisotopic (exact) mass is 359 g/mol. The van der Waals surface area contributed by atoms with Gasteiger partial charge in [0.15, 0.2) is 0 Å². The first-order chi connectivity index (χ1) is 12.8. The minimum atomic E-state index is 0.177. The standard InChI is InChI=1S/C25H43O/c1-2-24(26-23-18-12-7-4-8-13-19-23)25(20-14-9-15-21-25)22-16-10-5-3-6-11-17-22/h22-24H,1,3-21H2. The highest BCUT2D eigenvalue weighted by atomic mass is 16.5. The first kappa shape index (κ1) is 20.4. The molecule has 149 valence electrons. The van der Waals surface area contributed by atoms with Gasteiger partial charge in [-0.3, -0.25) is 0 Å². The quantitative estimate of drug-likeness (QED) is 0.487. The van der Waals surface area contributed by atoms with Crippen molar-refractivity contribution in [1.82, 2.24) is 0 Å². The molecule has 3 aliphatic carbocycles. The summed E-state index contributed by atoms with van der Waals surface area (Å²) < 4.78 is 6.87. The van der Waals surface area contributed by atoms with Crippen molar-refractivity contribution in [2.45, 2.75) is 134 Å². The zero-order valence-electron chi connectivity index (χ0n) is 17.3. The smallest absolute Gasteiger partial charge is 0.0885 e. The van der Waals surface area contributed by atoms with Crippen molar-refractivity contribution in [1.29, 1.82) is 0 Å². The van der Waals surface area contributed by atoms with Crippen molar-refractivity contribution in [3.05, 3.63) is 12.7 Å². The maximum Gasteiger partial charge on any atom is 0.0885 e. The summed E-state index contributed by atoms with van der Waals surface area (Å²) in [5, 5.41) is 0. The lowest BCUT2D eigenvalue weighted by Crippen LogP contribution is -2.46. The molecule has 1 nitrogen and oxygen atoms in total. The van der Waals surface area contributed by atoms with Gasteiger partial charge in [0.2, 0.25) is 0 Å². The fourth-order valence-electron chi connectivity index (χ4n) is 6.26. The molecule has 3 rings (SSSR count). The van der Waals surface area contributed by atoms with Crippen LogP contribution in [0.5, 0.6) is 0 Å². The van der Waals surface area contributed by atoms with E-state index in [1.165, 1.54) is 122 Å². The Bertz CT molecular complexity index is 379. The predicted octanol–water partition coefficient (Wildman–Crippen LogP) is 7.78. The maximum atomic E-state index is 6.87. The van der Waals surface area contributed by atoms with Crippen molar-refractivity contribution in [3.8, 4) is 0 Å². The molecule has 0 amide bonds. The Morgan fingerprint density at radius 3 is 1.65 bits per heavy atom. The van der Waals surface area contributed by atoms with Gasteiger partial charge in [-0.1, -0.05) is 90.0 Å². The minimum absolute atomic E-state index is 0.177. The molecule has 0 aromatic rings. The van der Waals surface area contributed by atoms with Gasteiger partial charge in [-0.05, 0) is 50.5 Å². The fraction of sp³-hybridized carbons (Fsp3) is 0.920. The topological polar surface area (TPSA) is 9.23 Å². The molecule has 0 heterocycles. The van der Waals surface area contributed by atoms with Gasteiger partial charge < -0.3 is 4.74 Å². The van der Waals surface area contributed by atoms with E-state index in [4.69, 9.17) is 4.74 Å². The molecule has 1 heteroatoms. The Morgan fingerprint density at radius 2 is 1.12 bits per heavy atom. The SMILES string of the molecule is C=[C]C(OC1CCCCCCC1)C1(C2CCCCCCC2)CCCCC1. The summed E-state index contributed by atoms with van der Waals surface area (Å²) in [6, 6.07) is 0. The van der Waals surface area contributed by atoms with Gasteiger partial charge in [-0.2, -0.15) is 0 Å². The Kier molecular flexibility index (Phi) is 8.56. The van der Waals surface area contributed by atoms with Gasteiger partial charge in [-0.15, -0.1) is 0 Å². The van der Waals surface area contributed by atoms with Crippen LogP contribution in [0.1, 0.15) is 122 Å². The molecule has 0 spiro atoms. The minimum Gasteiger partial charge on any atom is -0.370 e. The molecular weight excluding hydrogens is 316 g/mol. The lowest BCUT2D eigenvalue weighted by molar-refractivity contribution is -0.111. The summed E-state index contributed by atoms with van der Waals surface area (Å²) in [5.74, 6) is 0.843. The third-order valence-electron chi connectivity index (χ3n) is 7.79. The molecule has 1 radical (unpaired) electrons. The van der Waals surface area contributed by atoms with Gasteiger partial charge >= 0.3 is 0 Å². The first-order valence-electron chi connectivity index (χ1n) is 12.0. The van der Waals surface area contributed by atoms with E-state index in [9.17, 15) is 0 Å². The van der Waals surface area contributed by atoms with E-state index in [-0.39, 0.29) is 6.10 Å². The summed E-state index contributed by atoms with van der Waals surface area (Å²) in [4.78, 5) is 0. The predicted molar refractivity (Wildman–Crippen MR) is 111 cm³/mol. The Balaban J connectivity index is 1.73. The van der Waals surface area contributed by atoms with Crippen LogP contribution in [0.25, 0.3) is 0 Å². The van der Waals surface area contributed by atoms with Crippen LogP contribution < -0.4 is 0 Å². The van der Waals surface area contributed by atoms with Gasteiger partial charge in [0.05, 0.1) is 12.2 Å². The Labute approximate surface area is 163 Å². The van der Waals surface area contributed by atoms with Crippen LogP contribution in [-0.4, -0.2) is 12.2 Å². The highest BCUT2D eigenvalue weighted by Gasteiger charge is 2.45. The Morgan fingerprint density at radius 1 is 0.654 bits per heavy atom.